The van der Waals surface area contributed by atoms with Gasteiger partial charge in [0.25, 0.3) is 11.5 Å². The van der Waals surface area contributed by atoms with Gasteiger partial charge in [-0.25, -0.2) is 4.79 Å². The largest absolute Gasteiger partial charge is 0.368 e. The Kier molecular flexibility index (Phi) is 5.95. The lowest BCUT2D eigenvalue weighted by Gasteiger charge is -2.36. The maximum atomic E-state index is 13.1. The molecule has 0 bridgehead atoms. The molecule has 5 rings (SSSR count). The van der Waals surface area contributed by atoms with Gasteiger partial charge in [0.2, 0.25) is 5.95 Å². The molecule has 3 aromatic rings. The molecule has 1 amide bonds. The van der Waals surface area contributed by atoms with Gasteiger partial charge < -0.3 is 14.5 Å². The van der Waals surface area contributed by atoms with E-state index in [1.165, 1.54) is 11.6 Å². The average Bonchev–Trinajstić information content (AvgIpc) is 3.51. The van der Waals surface area contributed by atoms with E-state index in [2.05, 4.69) is 4.90 Å². The van der Waals surface area contributed by atoms with Gasteiger partial charge >= 0.3 is 5.69 Å². The number of aromatic nitrogens is 4. The molecule has 0 N–H and O–H groups in total. The van der Waals surface area contributed by atoms with Crippen LogP contribution < -0.4 is 16.1 Å². The summed E-state index contributed by atoms with van der Waals surface area (Å²) in [6, 6.07) is 7.42. The molecule has 2 aliphatic rings. The summed E-state index contributed by atoms with van der Waals surface area (Å²) < 4.78 is 9.92. The van der Waals surface area contributed by atoms with Crippen LogP contribution in [0.25, 0.3) is 11.2 Å². The number of piperazine rings is 1. The molecule has 0 saturated carbocycles. The Hall–Kier alpha value is -3.11. The first kappa shape index (κ1) is 22.7. The van der Waals surface area contributed by atoms with Crippen LogP contribution in [0.2, 0.25) is 5.02 Å². The number of hydrogen-bond donors (Lipinski definition) is 0. The van der Waals surface area contributed by atoms with Crippen molar-refractivity contribution in [2.24, 2.45) is 14.1 Å². The van der Waals surface area contributed by atoms with Gasteiger partial charge in [-0.05, 0) is 30.5 Å². The summed E-state index contributed by atoms with van der Waals surface area (Å²) in [7, 11) is 3.09. The van der Waals surface area contributed by atoms with Crippen molar-refractivity contribution in [3.63, 3.8) is 0 Å². The zero-order valence-corrected chi connectivity index (χ0v) is 20.0. The average molecular weight is 487 g/mol. The molecule has 0 radical (unpaired) electrons. The van der Waals surface area contributed by atoms with Crippen LogP contribution in [0.3, 0.4) is 0 Å². The summed E-state index contributed by atoms with van der Waals surface area (Å²) >= 11 is 6.05. The highest BCUT2D eigenvalue weighted by molar-refractivity contribution is 6.30. The summed E-state index contributed by atoms with van der Waals surface area (Å²) in [6.07, 6.45) is 1.35. The fourth-order valence-corrected chi connectivity index (χ4v) is 4.83. The van der Waals surface area contributed by atoms with Crippen molar-refractivity contribution < 1.29 is 9.53 Å². The van der Waals surface area contributed by atoms with Crippen molar-refractivity contribution in [2.75, 3.05) is 37.7 Å². The number of aryl methyl sites for hydroxylation is 1. The number of benzene rings is 1. The molecule has 1 aromatic carbocycles. The summed E-state index contributed by atoms with van der Waals surface area (Å²) in [5, 5.41) is 0.629. The molecule has 2 fully saturated rings. The Morgan fingerprint density at radius 3 is 2.44 bits per heavy atom. The predicted molar refractivity (Wildman–Crippen MR) is 129 cm³/mol. The summed E-state index contributed by atoms with van der Waals surface area (Å²) in [6.45, 7) is 3.25. The van der Waals surface area contributed by atoms with Crippen LogP contribution in [0.15, 0.2) is 33.9 Å². The highest BCUT2D eigenvalue weighted by atomic mass is 35.5. The molecule has 0 aliphatic carbocycles. The lowest BCUT2D eigenvalue weighted by Crippen LogP contribution is -2.52. The van der Waals surface area contributed by atoms with Crippen LogP contribution in [0.1, 0.15) is 18.4 Å². The van der Waals surface area contributed by atoms with Crippen molar-refractivity contribution >= 4 is 34.6 Å². The van der Waals surface area contributed by atoms with Crippen molar-refractivity contribution in [3.8, 4) is 0 Å². The highest BCUT2D eigenvalue weighted by Crippen LogP contribution is 2.24. The minimum Gasteiger partial charge on any atom is -0.368 e. The first-order valence-electron chi connectivity index (χ1n) is 11.4. The summed E-state index contributed by atoms with van der Waals surface area (Å²) in [4.78, 5) is 47.1. The minimum atomic E-state index is -0.424. The third-order valence-corrected chi connectivity index (χ3v) is 6.91. The molecule has 10 nitrogen and oxygen atoms in total. The van der Waals surface area contributed by atoms with Crippen LogP contribution >= 0.6 is 11.6 Å². The number of ether oxygens (including phenoxy) is 1. The number of fused-ring (bicyclic) bond motifs is 1. The predicted octanol–water partition coefficient (Wildman–Crippen LogP) is 0.963. The summed E-state index contributed by atoms with van der Waals surface area (Å²) in [5.74, 6) is 0.649. The van der Waals surface area contributed by atoms with Gasteiger partial charge in [0.05, 0.1) is 6.54 Å². The van der Waals surface area contributed by atoms with Crippen LogP contribution in [-0.4, -0.2) is 68.4 Å². The van der Waals surface area contributed by atoms with E-state index in [4.69, 9.17) is 21.3 Å². The highest BCUT2D eigenvalue weighted by Gasteiger charge is 2.32. The van der Waals surface area contributed by atoms with E-state index >= 15 is 0 Å². The Labute approximate surface area is 200 Å². The first-order chi connectivity index (χ1) is 16.3. The van der Waals surface area contributed by atoms with E-state index in [1.807, 2.05) is 21.6 Å². The molecule has 1 unspecified atom stereocenters. The van der Waals surface area contributed by atoms with Gasteiger partial charge in [-0.2, -0.15) is 4.98 Å². The number of carbonyl (C=O) groups excluding carboxylic acids is 1. The standard InChI is InChI=1S/C23H27ClN6O4/c1-26-19-18(21(32)27(2)23(26)33)30(14-15-5-7-16(24)8-6-15)22(25-19)29-11-9-28(10-12-29)20(31)17-4-3-13-34-17/h5-8,17H,3-4,9-14H2,1-2H3. The van der Waals surface area contributed by atoms with Crippen molar-refractivity contribution in [1.29, 1.82) is 0 Å². The second-order valence-electron chi connectivity index (χ2n) is 8.82. The van der Waals surface area contributed by atoms with Crippen LogP contribution in [0, 0.1) is 0 Å². The molecule has 2 saturated heterocycles. The van der Waals surface area contributed by atoms with Crippen LogP contribution in [0.5, 0.6) is 0 Å². The van der Waals surface area contributed by atoms with Gasteiger partial charge in [-0.3, -0.25) is 23.3 Å². The molecular formula is C23H27ClN6O4. The molecule has 180 valence electrons. The van der Waals surface area contributed by atoms with E-state index in [0.29, 0.717) is 61.5 Å². The molecule has 2 aromatic heterocycles. The Bertz CT molecular complexity index is 1350. The number of imidazole rings is 1. The fourth-order valence-electron chi connectivity index (χ4n) is 4.70. The van der Waals surface area contributed by atoms with Gasteiger partial charge in [-0.1, -0.05) is 23.7 Å². The lowest BCUT2D eigenvalue weighted by atomic mass is 10.2. The number of nitrogens with zero attached hydrogens (tertiary/aromatic N) is 6. The number of halogens is 1. The maximum absolute atomic E-state index is 13.1. The maximum Gasteiger partial charge on any atom is 0.332 e. The minimum absolute atomic E-state index is 0.0445. The van der Waals surface area contributed by atoms with Gasteiger partial charge in [-0.15, -0.1) is 0 Å². The fraction of sp³-hybridized carbons (Fsp3) is 0.478. The monoisotopic (exact) mass is 486 g/mol. The van der Waals surface area contributed by atoms with E-state index in [1.54, 1.807) is 19.2 Å². The van der Waals surface area contributed by atoms with E-state index in [-0.39, 0.29) is 12.0 Å². The third kappa shape index (κ3) is 3.90. The van der Waals surface area contributed by atoms with E-state index < -0.39 is 11.2 Å². The van der Waals surface area contributed by atoms with Crippen LogP contribution in [0.4, 0.5) is 5.95 Å². The first-order valence-corrected chi connectivity index (χ1v) is 11.8. The normalized spacial score (nSPS) is 18.7. The molecule has 11 heteroatoms. The zero-order chi connectivity index (χ0) is 24.0. The quantitative estimate of drug-likeness (QED) is 0.545. The molecule has 34 heavy (non-hydrogen) atoms. The van der Waals surface area contributed by atoms with E-state index in [9.17, 15) is 14.4 Å². The Balaban J connectivity index is 1.51. The molecule has 2 aliphatic heterocycles. The van der Waals surface area contributed by atoms with E-state index in [0.717, 1.165) is 23.0 Å². The van der Waals surface area contributed by atoms with Crippen molar-refractivity contribution in [1.82, 2.24) is 23.6 Å². The smallest absolute Gasteiger partial charge is 0.332 e. The Morgan fingerprint density at radius 1 is 1.09 bits per heavy atom. The second-order valence-corrected chi connectivity index (χ2v) is 9.25. The number of hydrogen-bond acceptors (Lipinski definition) is 6. The van der Waals surface area contributed by atoms with Crippen LogP contribution in [-0.2, 0) is 30.2 Å². The van der Waals surface area contributed by atoms with Gasteiger partial charge in [0, 0.05) is 51.9 Å². The van der Waals surface area contributed by atoms with Crippen molar-refractivity contribution in [3.05, 3.63) is 55.7 Å². The van der Waals surface area contributed by atoms with Crippen molar-refractivity contribution in [2.45, 2.75) is 25.5 Å². The summed E-state index contributed by atoms with van der Waals surface area (Å²) in [5.41, 5.74) is 0.848. The topological polar surface area (TPSA) is 94.6 Å². The number of rotatable bonds is 4. The SMILES string of the molecule is Cn1c(=O)c2c(nc(N3CCN(C(=O)C4CCCO4)CC3)n2Cc2ccc(Cl)cc2)n(C)c1=O. The lowest BCUT2D eigenvalue weighted by molar-refractivity contribution is -0.141. The molecule has 4 heterocycles. The number of anilines is 1. The zero-order valence-electron chi connectivity index (χ0n) is 19.2. The molecule has 0 spiro atoms. The molecular weight excluding hydrogens is 460 g/mol. The Morgan fingerprint density at radius 2 is 1.79 bits per heavy atom. The molecule has 1 atom stereocenters. The third-order valence-electron chi connectivity index (χ3n) is 6.66. The van der Waals surface area contributed by atoms with Gasteiger partial charge in [0.1, 0.15) is 6.10 Å². The number of carbonyl (C=O) groups is 1. The second kappa shape index (κ2) is 8.92. The number of amides is 1. The van der Waals surface area contributed by atoms with Gasteiger partial charge in [0.15, 0.2) is 11.2 Å².